The Labute approximate surface area is 107 Å². The highest BCUT2D eigenvalue weighted by Gasteiger charge is 2.11. The Morgan fingerprint density at radius 1 is 1.41 bits per heavy atom. The first-order valence-corrected chi connectivity index (χ1v) is 7.27. The number of hydrogen-bond acceptors (Lipinski definition) is 4. The maximum Gasteiger partial charge on any atom is 0.135 e. The van der Waals surface area contributed by atoms with Gasteiger partial charge < -0.3 is 4.90 Å². The van der Waals surface area contributed by atoms with Crippen LogP contribution in [0.25, 0.3) is 0 Å². The zero-order chi connectivity index (χ0) is 12.1. The molecule has 1 aromatic rings. The lowest BCUT2D eigenvalue weighted by molar-refractivity contribution is -0.116. The Morgan fingerprint density at radius 2 is 2.18 bits per heavy atom. The van der Waals surface area contributed by atoms with E-state index in [-0.39, 0.29) is 5.78 Å². The van der Waals surface area contributed by atoms with Crippen molar-refractivity contribution in [2.24, 2.45) is 0 Å². The standard InChI is InChI=1S/C13H20N2OS/c1-11(16)9-12-10-17-13(14-12)5-8-15-6-3-2-4-7-15/h10H,2-9H2,1H3. The lowest BCUT2D eigenvalue weighted by Crippen LogP contribution is -2.31. The van der Waals surface area contributed by atoms with Crippen LogP contribution in [0.1, 0.15) is 36.9 Å². The average molecular weight is 252 g/mol. The molecule has 1 aliphatic heterocycles. The number of nitrogens with zero attached hydrogens (tertiary/aromatic N) is 2. The molecule has 4 heteroatoms. The van der Waals surface area contributed by atoms with Crippen molar-refractivity contribution in [2.45, 2.75) is 39.0 Å². The Balaban J connectivity index is 1.78. The van der Waals surface area contributed by atoms with Gasteiger partial charge in [-0.2, -0.15) is 0 Å². The normalized spacial score (nSPS) is 17.2. The summed E-state index contributed by atoms with van der Waals surface area (Å²) in [4.78, 5) is 18.0. The molecule has 17 heavy (non-hydrogen) atoms. The molecule has 0 bridgehead atoms. The molecular formula is C13H20N2OS. The molecule has 0 saturated carbocycles. The van der Waals surface area contributed by atoms with E-state index in [2.05, 4.69) is 9.88 Å². The van der Waals surface area contributed by atoms with Gasteiger partial charge in [0.15, 0.2) is 0 Å². The van der Waals surface area contributed by atoms with Crippen LogP contribution in [0.4, 0.5) is 0 Å². The summed E-state index contributed by atoms with van der Waals surface area (Å²) in [5.41, 5.74) is 0.941. The summed E-state index contributed by atoms with van der Waals surface area (Å²) in [7, 11) is 0. The van der Waals surface area contributed by atoms with E-state index in [0.29, 0.717) is 6.42 Å². The quantitative estimate of drug-likeness (QED) is 0.806. The molecule has 0 unspecified atom stereocenters. The van der Waals surface area contributed by atoms with Gasteiger partial charge in [0.25, 0.3) is 0 Å². The molecule has 1 fully saturated rings. The number of carbonyl (C=O) groups is 1. The summed E-state index contributed by atoms with van der Waals surface area (Å²) >= 11 is 1.69. The number of likely N-dealkylation sites (tertiary alicyclic amines) is 1. The van der Waals surface area contributed by atoms with Gasteiger partial charge >= 0.3 is 0 Å². The van der Waals surface area contributed by atoms with Gasteiger partial charge in [-0.1, -0.05) is 6.42 Å². The molecular weight excluding hydrogens is 232 g/mol. The molecule has 1 saturated heterocycles. The van der Waals surface area contributed by atoms with E-state index in [1.54, 1.807) is 18.3 Å². The number of carbonyl (C=O) groups excluding carboxylic acids is 1. The van der Waals surface area contributed by atoms with Crippen molar-refractivity contribution in [3.05, 3.63) is 16.1 Å². The molecule has 0 N–H and O–H groups in total. The van der Waals surface area contributed by atoms with Crippen LogP contribution in [0.15, 0.2) is 5.38 Å². The Hall–Kier alpha value is -0.740. The van der Waals surface area contributed by atoms with Crippen molar-refractivity contribution in [1.29, 1.82) is 0 Å². The van der Waals surface area contributed by atoms with Crippen molar-refractivity contribution in [1.82, 2.24) is 9.88 Å². The Kier molecular flexibility index (Phi) is 4.68. The Morgan fingerprint density at radius 3 is 2.88 bits per heavy atom. The molecule has 0 amide bonds. The fraction of sp³-hybridized carbons (Fsp3) is 0.692. The van der Waals surface area contributed by atoms with Gasteiger partial charge in [-0.15, -0.1) is 11.3 Å². The van der Waals surface area contributed by atoms with E-state index in [0.717, 1.165) is 18.7 Å². The number of piperidine rings is 1. The van der Waals surface area contributed by atoms with E-state index >= 15 is 0 Å². The van der Waals surface area contributed by atoms with E-state index in [1.807, 2.05) is 5.38 Å². The van der Waals surface area contributed by atoms with Gasteiger partial charge in [-0.25, -0.2) is 4.98 Å². The fourth-order valence-corrected chi connectivity index (χ4v) is 3.02. The number of aromatic nitrogens is 1. The molecule has 0 aliphatic carbocycles. The third-order valence-corrected chi connectivity index (χ3v) is 4.08. The van der Waals surface area contributed by atoms with Crippen molar-refractivity contribution in [3.63, 3.8) is 0 Å². The number of hydrogen-bond donors (Lipinski definition) is 0. The third-order valence-electron chi connectivity index (χ3n) is 3.12. The highest BCUT2D eigenvalue weighted by atomic mass is 32.1. The number of Topliss-reactive ketones (excluding diaryl/α,β-unsaturated/α-hetero) is 1. The summed E-state index contributed by atoms with van der Waals surface area (Å²) in [6.45, 7) is 5.22. The molecule has 0 atom stereocenters. The second-order valence-electron chi connectivity index (χ2n) is 4.76. The maximum absolute atomic E-state index is 11.0. The highest BCUT2D eigenvalue weighted by molar-refractivity contribution is 7.09. The monoisotopic (exact) mass is 252 g/mol. The summed E-state index contributed by atoms with van der Waals surface area (Å²) in [5, 5.41) is 3.19. The van der Waals surface area contributed by atoms with Gasteiger partial charge in [-0.05, 0) is 32.9 Å². The largest absolute Gasteiger partial charge is 0.303 e. The van der Waals surface area contributed by atoms with E-state index in [9.17, 15) is 4.79 Å². The van der Waals surface area contributed by atoms with Crippen LogP contribution < -0.4 is 0 Å². The van der Waals surface area contributed by atoms with Crippen LogP contribution in [-0.4, -0.2) is 35.3 Å². The summed E-state index contributed by atoms with van der Waals surface area (Å²) < 4.78 is 0. The molecule has 0 radical (unpaired) electrons. The third kappa shape index (κ3) is 4.21. The first-order chi connectivity index (χ1) is 8.24. The van der Waals surface area contributed by atoms with Crippen LogP contribution in [0.2, 0.25) is 0 Å². The predicted molar refractivity (Wildman–Crippen MR) is 70.5 cm³/mol. The topological polar surface area (TPSA) is 33.2 Å². The molecule has 1 aromatic heterocycles. The zero-order valence-electron chi connectivity index (χ0n) is 10.4. The lowest BCUT2D eigenvalue weighted by Gasteiger charge is -2.25. The Bertz CT molecular complexity index is 369. The maximum atomic E-state index is 11.0. The summed E-state index contributed by atoms with van der Waals surface area (Å²) in [6, 6.07) is 0. The van der Waals surface area contributed by atoms with E-state index in [1.165, 1.54) is 37.4 Å². The first-order valence-electron chi connectivity index (χ1n) is 6.39. The van der Waals surface area contributed by atoms with Crippen LogP contribution in [0.5, 0.6) is 0 Å². The van der Waals surface area contributed by atoms with Crippen molar-refractivity contribution < 1.29 is 4.79 Å². The summed E-state index contributed by atoms with van der Waals surface area (Å²) in [6.07, 6.45) is 5.58. The van der Waals surface area contributed by atoms with Crippen molar-refractivity contribution >= 4 is 17.1 Å². The van der Waals surface area contributed by atoms with E-state index < -0.39 is 0 Å². The molecule has 2 heterocycles. The SMILES string of the molecule is CC(=O)Cc1csc(CCN2CCCCC2)n1. The van der Waals surface area contributed by atoms with Gasteiger partial charge in [0.2, 0.25) is 0 Å². The van der Waals surface area contributed by atoms with Crippen LogP contribution in [-0.2, 0) is 17.6 Å². The predicted octanol–water partition coefficient (Wildman–Crippen LogP) is 2.30. The zero-order valence-corrected chi connectivity index (χ0v) is 11.3. The van der Waals surface area contributed by atoms with Gasteiger partial charge in [-0.3, -0.25) is 4.79 Å². The minimum absolute atomic E-state index is 0.192. The number of thiazole rings is 1. The van der Waals surface area contributed by atoms with Crippen LogP contribution in [0.3, 0.4) is 0 Å². The molecule has 0 aromatic carbocycles. The van der Waals surface area contributed by atoms with Crippen LogP contribution >= 0.6 is 11.3 Å². The summed E-state index contributed by atoms with van der Waals surface area (Å²) in [5.74, 6) is 0.192. The van der Waals surface area contributed by atoms with Crippen molar-refractivity contribution in [2.75, 3.05) is 19.6 Å². The molecule has 3 nitrogen and oxygen atoms in total. The minimum Gasteiger partial charge on any atom is -0.303 e. The first kappa shape index (κ1) is 12.7. The molecule has 2 rings (SSSR count). The van der Waals surface area contributed by atoms with Gasteiger partial charge in [0.05, 0.1) is 10.7 Å². The fourth-order valence-electron chi connectivity index (χ4n) is 2.24. The smallest absolute Gasteiger partial charge is 0.135 e. The minimum atomic E-state index is 0.192. The second-order valence-corrected chi connectivity index (χ2v) is 5.71. The van der Waals surface area contributed by atoms with Crippen LogP contribution in [0, 0.1) is 0 Å². The van der Waals surface area contributed by atoms with Gasteiger partial charge in [0, 0.05) is 24.8 Å². The van der Waals surface area contributed by atoms with E-state index in [4.69, 9.17) is 0 Å². The molecule has 94 valence electrons. The highest BCUT2D eigenvalue weighted by Crippen LogP contribution is 2.14. The molecule has 1 aliphatic rings. The number of rotatable bonds is 5. The van der Waals surface area contributed by atoms with Gasteiger partial charge in [0.1, 0.15) is 5.78 Å². The lowest BCUT2D eigenvalue weighted by atomic mass is 10.1. The number of ketones is 1. The van der Waals surface area contributed by atoms with Crippen molar-refractivity contribution in [3.8, 4) is 0 Å². The molecule has 0 spiro atoms. The second kappa shape index (κ2) is 6.26. The average Bonchev–Trinajstić information content (AvgIpc) is 2.75.